The molecule has 0 unspecified atom stereocenters. The van der Waals surface area contributed by atoms with Gasteiger partial charge in [0.15, 0.2) is 11.6 Å². The van der Waals surface area contributed by atoms with Gasteiger partial charge in [-0.3, -0.25) is 4.79 Å². The quantitative estimate of drug-likeness (QED) is 0.0778. The van der Waals surface area contributed by atoms with Crippen LogP contribution in [-0.2, 0) is 28.8 Å². The minimum absolute atomic E-state index is 0.0546. The summed E-state index contributed by atoms with van der Waals surface area (Å²) in [5, 5.41) is 16.3. The number of ether oxygens (including phenoxy) is 2. The Morgan fingerprint density at radius 3 is 2.42 bits per heavy atom. The van der Waals surface area contributed by atoms with Gasteiger partial charge in [-0.15, -0.1) is 0 Å². The fourth-order valence-electron chi connectivity index (χ4n) is 6.01. The zero-order chi connectivity index (χ0) is 31.2. The van der Waals surface area contributed by atoms with Gasteiger partial charge in [-0.1, -0.05) is 87.8 Å². The number of amides is 1. The van der Waals surface area contributed by atoms with E-state index in [0.717, 1.165) is 22.9 Å². The number of hydrogen-bond donors (Lipinski definition) is 2. The van der Waals surface area contributed by atoms with E-state index in [9.17, 15) is 10.3 Å². The third-order valence-electron chi connectivity index (χ3n) is 8.21. The standard InChI is InChI=1S/C35H32BrN5O4/c36-30-12-5-4-11-29(30)32-35(22-26-10-3-6-13-31(26)40-41-37,34(43)38-27-20-24-8-1-2-9-25(24)21-27)39-33(45-32)23-14-16-28(17-15-23)44-19-7-18-42/h1-6,8-17,27,32,42H,7,18-22H2,(H,38,43)/t32-,35-/m1/s1. The average Bonchev–Trinajstić information content (AvgIpc) is 3.65. The van der Waals surface area contributed by atoms with Crippen LogP contribution in [0.3, 0.4) is 0 Å². The van der Waals surface area contributed by atoms with Crippen LogP contribution in [-0.4, -0.2) is 41.7 Å². The Hall–Kier alpha value is -4.63. The highest BCUT2D eigenvalue weighted by atomic mass is 79.9. The molecule has 2 atom stereocenters. The summed E-state index contributed by atoms with van der Waals surface area (Å²) in [4.78, 5) is 22.9. The van der Waals surface area contributed by atoms with E-state index in [1.807, 2.05) is 72.8 Å². The molecule has 0 saturated heterocycles. The lowest BCUT2D eigenvalue weighted by molar-refractivity contribution is -0.129. The van der Waals surface area contributed by atoms with Crippen molar-refractivity contribution < 1.29 is 19.4 Å². The molecule has 4 aromatic carbocycles. The predicted octanol–water partition coefficient (Wildman–Crippen LogP) is 6.94. The Morgan fingerprint density at radius 1 is 1.02 bits per heavy atom. The Bertz CT molecular complexity index is 1750. The lowest BCUT2D eigenvalue weighted by Crippen LogP contribution is -2.53. The summed E-state index contributed by atoms with van der Waals surface area (Å²) < 4.78 is 13.2. The first-order valence-corrected chi connectivity index (χ1v) is 15.7. The number of carbonyl (C=O) groups is 1. The number of rotatable bonds is 11. The van der Waals surface area contributed by atoms with Crippen molar-refractivity contribution in [1.82, 2.24) is 5.32 Å². The summed E-state index contributed by atoms with van der Waals surface area (Å²) >= 11 is 3.69. The molecule has 0 bridgehead atoms. The normalized spacial score (nSPS) is 18.8. The first kappa shape index (κ1) is 30.4. The van der Waals surface area contributed by atoms with Gasteiger partial charge < -0.3 is 19.9 Å². The Balaban J connectivity index is 1.44. The largest absolute Gasteiger partial charge is 0.494 e. The van der Waals surface area contributed by atoms with Gasteiger partial charge in [0.05, 0.1) is 6.61 Å². The fraction of sp³-hybridized carbons (Fsp3) is 0.257. The molecule has 1 amide bonds. The van der Waals surface area contributed by atoms with Gasteiger partial charge in [-0.05, 0) is 65.4 Å². The molecule has 0 aromatic heterocycles. The van der Waals surface area contributed by atoms with Gasteiger partial charge in [0.25, 0.3) is 5.91 Å². The average molecular weight is 667 g/mol. The molecule has 4 aromatic rings. The first-order chi connectivity index (χ1) is 22.0. The van der Waals surface area contributed by atoms with E-state index < -0.39 is 11.6 Å². The highest BCUT2D eigenvalue weighted by Crippen LogP contribution is 2.45. The van der Waals surface area contributed by atoms with Gasteiger partial charge in [0.1, 0.15) is 5.75 Å². The second kappa shape index (κ2) is 13.6. The van der Waals surface area contributed by atoms with Crippen molar-refractivity contribution in [3.05, 3.63) is 140 Å². The number of aliphatic hydroxyl groups excluding tert-OH is 1. The highest BCUT2D eigenvalue weighted by molar-refractivity contribution is 9.10. The Kier molecular flexibility index (Phi) is 9.16. The molecule has 45 heavy (non-hydrogen) atoms. The van der Waals surface area contributed by atoms with Crippen molar-refractivity contribution in [3.63, 3.8) is 0 Å². The zero-order valence-electron chi connectivity index (χ0n) is 24.5. The van der Waals surface area contributed by atoms with Gasteiger partial charge in [0, 0.05) is 51.7 Å². The topological polar surface area (TPSA) is 129 Å². The lowest BCUT2D eigenvalue weighted by atomic mass is 9.81. The van der Waals surface area contributed by atoms with Crippen LogP contribution in [0.1, 0.15) is 40.3 Å². The second-order valence-electron chi connectivity index (χ2n) is 11.2. The molecular weight excluding hydrogens is 634 g/mol. The van der Waals surface area contributed by atoms with Gasteiger partial charge in [-0.2, -0.15) is 0 Å². The summed E-state index contributed by atoms with van der Waals surface area (Å²) in [5.74, 6) is 0.709. The third-order valence-corrected chi connectivity index (χ3v) is 8.93. The van der Waals surface area contributed by atoms with Crippen LogP contribution in [0.4, 0.5) is 5.69 Å². The minimum atomic E-state index is -1.44. The monoisotopic (exact) mass is 665 g/mol. The van der Waals surface area contributed by atoms with Crippen molar-refractivity contribution in [2.24, 2.45) is 10.1 Å². The maximum Gasteiger partial charge on any atom is 0.252 e. The summed E-state index contributed by atoms with van der Waals surface area (Å²) in [6.07, 6.45) is 1.31. The van der Waals surface area contributed by atoms with Crippen molar-refractivity contribution in [2.45, 2.75) is 43.4 Å². The molecule has 228 valence electrons. The molecule has 10 heteroatoms. The number of aliphatic hydroxyl groups is 1. The molecule has 1 aliphatic carbocycles. The number of hydrogen-bond acceptors (Lipinski definition) is 6. The number of azide groups is 1. The first-order valence-electron chi connectivity index (χ1n) is 14.9. The maximum absolute atomic E-state index is 14.8. The number of carbonyl (C=O) groups excluding carboxylic acids is 1. The van der Waals surface area contributed by atoms with E-state index in [1.54, 1.807) is 12.1 Å². The molecular formula is C35H32BrN5O4. The van der Waals surface area contributed by atoms with Gasteiger partial charge >= 0.3 is 0 Å². The van der Waals surface area contributed by atoms with Crippen LogP contribution in [0.2, 0.25) is 0 Å². The summed E-state index contributed by atoms with van der Waals surface area (Å²) in [6, 6.07) is 30.4. The molecule has 1 aliphatic heterocycles. The molecule has 0 radical (unpaired) electrons. The number of nitrogens with one attached hydrogen (secondary N) is 1. The van der Waals surface area contributed by atoms with Crippen LogP contribution in [0.5, 0.6) is 5.75 Å². The lowest BCUT2D eigenvalue weighted by Gasteiger charge is -2.32. The van der Waals surface area contributed by atoms with Gasteiger partial charge in [-0.25, -0.2) is 4.99 Å². The van der Waals surface area contributed by atoms with Crippen molar-refractivity contribution in [1.29, 1.82) is 0 Å². The molecule has 6 rings (SSSR count). The third kappa shape index (κ3) is 6.44. The van der Waals surface area contributed by atoms with E-state index in [-0.39, 0.29) is 25.0 Å². The van der Waals surface area contributed by atoms with Crippen molar-refractivity contribution in [2.75, 3.05) is 13.2 Å². The summed E-state index contributed by atoms with van der Waals surface area (Å²) in [6.45, 7) is 0.454. The molecule has 0 saturated carbocycles. The predicted molar refractivity (Wildman–Crippen MR) is 176 cm³/mol. The van der Waals surface area contributed by atoms with Crippen molar-refractivity contribution >= 4 is 33.4 Å². The maximum atomic E-state index is 14.8. The molecule has 2 N–H and O–H groups in total. The van der Waals surface area contributed by atoms with E-state index >= 15 is 0 Å². The SMILES string of the molecule is [N-]=[N+]=Nc1ccccc1C[C@@]1(C(=O)NC2Cc3ccccc3C2)N=C(c2ccc(OCCCO)cc2)O[C@@H]1c1ccccc1Br. The van der Waals surface area contributed by atoms with Crippen LogP contribution >= 0.6 is 15.9 Å². The number of aliphatic imine (C=N–C) groups is 1. The van der Waals surface area contributed by atoms with Gasteiger partial charge in [0.2, 0.25) is 5.90 Å². The number of nitrogens with zero attached hydrogens (tertiary/aromatic N) is 4. The van der Waals surface area contributed by atoms with Crippen molar-refractivity contribution in [3.8, 4) is 5.75 Å². The molecule has 9 nitrogen and oxygen atoms in total. The number of halogens is 1. The van der Waals surface area contributed by atoms with Crippen LogP contribution in [0.15, 0.2) is 112 Å². The molecule has 2 aliphatic rings. The summed E-state index contributed by atoms with van der Waals surface area (Å²) in [7, 11) is 0. The summed E-state index contributed by atoms with van der Waals surface area (Å²) in [5.41, 5.74) is 12.9. The minimum Gasteiger partial charge on any atom is -0.494 e. The Labute approximate surface area is 269 Å². The highest BCUT2D eigenvalue weighted by Gasteiger charge is 2.54. The van der Waals surface area contributed by atoms with Crippen LogP contribution in [0, 0.1) is 0 Å². The molecule has 0 spiro atoms. The van der Waals surface area contributed by atoms with E-state index in [1.165, 1.54) is 11.1 Å². The number of fused-ring (bicyclic) bond motifs is 1. The smallest absolute Gasteiger partial charge is 0.252 e. The van der Waals surface area contributed by atoms with Crippen LogP contribution in [0.25, 0.3) is 10.4 Å². The Morgan fingerprint density at radius 2 is 1.71 bits per heavy atom. The molecule has 1 heterocycles. The van der Waals surface area contributed by atoms with Crippen LogP contribution < -0.4 is 10.1 Å². The van der Waals surface area contributed by atoms with E-state index in [4.69, 9.17) is 19.6 Å². The van der Waals surface area contributed by atoms with E-state index in [0.29, 0.717) is 41.5 Å². The fourth-order valence-corrected chi connectivity index (χ4v) is 6.51. The zero-order valence-corrected chi connectivity index (χ0v) is 26.1. The number of benzene rings is 4. The second-order valence-corrected chi connectivity index (χ2v) is 12.0. The molecule has 0 fully saturated rings. The van der Waals surface area contributed by atoms with E-state index in [2.05, 4.69) is 43.4 Å².